The molecule has 6 rings (SSSR count). The summed E-state index contributed by atoms with van der Waals surface area (Å²) in [7, 11) is 3.38. The third-order valence-electron chi connectivity index (χ3n) is 8.40. The van der Waals surface area contributed by atoms with Crippen LogP contribution in [0.5, 0.6) is 11.5 Å². The first-order valence-electron chi connectivity index (χ1n) is 15.6. The number of anilines is 1. The molecule has 0 amide bonds. The Labute approximate surface area is 274 Å². The Bertz CT molecular complexity index is 1870. The van der Waals surface area contributed by atoms with E-state index in [-0.39, 0.29) is 12.0 Å². The maximum Gasteiger partial charge on any atom is 0.119 e. The summed E-state index contributed by atoms with van der Waals surface area (Å²) in [6.45, 7) is 3.75. The van der Waals surface area contributed by atoms with Crippen LogP contribution in [0.25, 0.3) is 27.5 Å². The number of ether oxygens (including phenoxy) is 2. The van der Waals surface area contributed by atoms with Gasteiger partial charge in [0.2, 0.25) is 0 Å². The molecular formula is C36H39Cl2N5O2. The molecule has 2 aliphatic rings. The van der Waals surface area contributed by atoms with Gasteiger partial charge in [-0.2, -0.15) is 0 Å². The number of hydrogen-bond acceptors (Lipinski definition) is 7. The van der Waals surface area contributed by atoms with Gasteiger partial charge >= 0.3 is 0 Å². The highest BCUT2D eigenvalue weighted by molar-refractivity contribution is 6.31. The van der Waals surface area contributed by atoms with Crippen molar-refractivity contribution < 1.29 is 9.47 Å². The van der Waals surface area contributed by atoms with Crippen LogP contribution in [0.3, 0.4) is 0 Å². The van der Waals surface area contributed by atoms with Crippen molar-refractivity contribution >= 4 is 56.4 Å². The van der Waals surface area contributed by atoms with Crippen LogP contribution in [-0.2, 0) is 0 Å². The first kappa shape index (κ1) is 31.2. The lowest BCUT2D eigenvalue weighted by atomic mass is 9.88. The molecule has 0 fully saturated rings. The lowest BCUT2D eigenvalue weighted by Gasteiger charge is -2.28. The van der Waals surface area contributed by atoms with Crippen molar-refractivity contribution in [2.24, 2.45) is 10.9 Å². The number of allylic oxidation sites excluding steroid dienone is 2. The molecule has 0 saturated carbocycles. The molecule has 0 radical (unpaired) electrons. The predicted molar refractivity (Wildman–Crippen MR) is 186 cm³/mol. The summed E-state index contributed by atoms with van der Waals surface area (Å²) in [5, 5.41) is 16.6. The molecule has 2 atom stereocenters. The van der Waals surface area contributed by atoms with E-state index in [1.807, 2.05) is 60.7 Å². The van der Waals surface area contributed by atoms with Gasteiger partial charge in [0, 0.05) is 50.8 Å². The lowest BCUT2D eigenvalue weighted by molar-refractivity contribution is 0.414. The van der Waals surface area contributed by atoms with Gasteiger partial charge in [-0.25, -0.2) is 4.98 Å². The topological polar surface area (TPSA) is 79.8 Å². The quantitative estimate of drug-likeness (QED) is 0.110. The molecule has 1 aliphatic heterocycles. The molecule has 3 N–H and O–H groups in total. The standard InChI is InChI=1S/C36H39Cl2N5O2/c1-44-25-9-13-31-29(21-25)35(27-11-7-23(37)19-33(27)42-31)40-17-5-3-15-39-16-4-6-18-41-36-28-12-8-24(38)20-34(28)43-32-14-10-26(45-2)22-30(32)36/h7-14,19-22,27,33,39-40H,3-6,15-18H2,1-2H3,(H,41,43). The van der Waals surface area contributed by atoms with Crippen molar-refractivity contribution in [3.8, 4) is 11.5 Å². The highest BCUT2D eigenvalue weighted by Gasteiger charge is 2.27. The van der Waals surface area contributed by atoms with Gasteiger partial charge in [-0.05, 0) is 106 Å². The van der Waals surface area contributed by atoms with E-state index in [1.165, 1.54) is 5.70 Å². The zero-order chi connectivity index (χ0) is 31.2. The van der Waals surface area contributed by atoms with Gasteiger partial charge in [-0.15, -0.1) is 0 Å². The molecule has 45 heavy (non-hydrogen) atoms. The lowest BCUT2D eigenvalue weighted by Crippen LogP contribution is -2.43. The van der Waals surface area contributed by atoms with Crippen molar-refractivity contribution in [2.75, 3.05) is 45.7 Å². The monoisotopic (exact) mass is 643 g/mol. The van der Waals surface area contributed by atoms with E-state index in [9.17, 15) is 0 Å². The number of fused-ring (bicyclic) bond motifs is 4. The van der Waals surface area contributed by atoms with Crippen molar-refractivity contribution in [2.45, 2.75) is 31.7 Å². The minimum absolute atomic E-state index is 0.0133. The molecule has 0 bridgehead atoms. The molecule has 1 aliphatic carbocycles. The van der Waals surface area contributed by atoms with Crippen molar-refractivity contribution in [1.29, 1.82) is 0 Å². The Balaban J connectivity index is 0.961. The number of benzene rings is 3. The van der Waals surface area contributed by atoms with Crippen LogP contribution in [0.2, 0.25) is 5.02 Å². The number of nitrogens with one attached hydrogen (secondary N) is 3. The largest absolute Gasteiger partial charge is 0.497 e. The van der Waals surface area contributed by atoms with Gasteiger partial charge in [0.1, 0.15) is 11.5 Å². The maximum atomic E-state index is 6.30. The molecule has 3 aromatic carbocycles. The molecule has 7 nitrogen and oxygen atoms in total. The van der Waals surface area contributed by atoms with E-state index < -0.39 is 0 Å². The van der Waals surface area contributed by atoms with Crippen molar-refractivity contribution in [3.63, 3.8) is 0 Å². The van der Waals surface area contributed by atoms with E-state index in [4.69, 9.17) is 42.7 Å². The number of nitrogens with zero attached hydrogens (tertiary/aromatic N) is 2. The highest BCUT2D eigenvalue weighted by atomic mass is 35.5. The number of hydrogen-bond donors (Lipinski definition) is 3. The van der Waals surface area contributed by atoms with Gasteiger partial charge in [0.15, 0.2) is 0 Å². The van der Waals surface area contributed by atoms with Gasteiger partial charge < -0.3 is 25.4 Å². The van der Waals surface area contributed by atoms with Gasteiger partial charge in [-0.3, -0.25) is 4.99 Å². The Morgan fingerprint density at radius 2 is 1.49 bits per heavy atom. The summed E-state index contributed by atoms with van der Waals surface area (Å²) in [6, 6.07) is 17.9. The minimum Gasteiger partial charge on any atom is -0.497 e. The van der Waals surface area contributed by atoms with Crippen LogP contribution in [0.1, 0.15) is 25.7 Å². The fraction of sp³-hybridized carbons (Fsp3) is 0.333. The van der Waals surface area contributed by atoms with Crippen molar-refractivity contribution in [1.82, 2.24) is 15.6 Å². The summed E-state index contributed by atoms with van der Waals surface area (Å²) >= 11 is 12.6. The summed E-state index contributed by atoms with van der Waals surface area (Å²) < 4.78 is 11.0. The highest BCUT2D eigenvalue weighted by Crippen LogP contribution is 2.34. The van der Waals surface area contributed by atoms with Gasteiger partial charge in [0.05, 0.1) is 42.3 Å². The minimum atomic E-state index is 0.0133. The first-order valence-corrected chi connectivity index (χ1v) is 16.4. The van der Waals surface area contributed by atoms with E-state index in [0.29, 0.717) is 5.02 Å². The second-order valence-corrected chi connectivity index (χ2v) is 12.3. The number of rotatable bonds is 14. The maximum absolute atomic E-state index is 6.30. The van der Waals surface area contributed by atoms with E-state index in [0.717, 1.165) is 106 Å². The van der Waals surface area contributed by atoms with Crippen LogP contribution in [0.4, 0.5) is 5.69 Å². The molecule has 0 saturated heterocycles. The number of unbranched alkanes of at least 4 members (excludes halogenated alkanes) is 2. The van der Waals surface area contributed by atoms with E-state index >= 15 is 0 Å². The Morgan fingerprint density at radius 1 is 0.756 bits per heavy atom. The Kier molecular flexibility index (Phi) is 10.1. The summed E-state index contributed by atoms with van der Waals surface area (Å²) in [4.78, 5) is 9.76. The summed E-state index contributed by atoms with van der Waals surface area (Å²) in [6.07, 6.45) is 10.5. The summed E-state index contributed by atoms with van der Waals surface area (Å²) in [5.74, 6) is 1.80. The molecule has 234 valence electrons. The van der Waals surface area contributed by atoms with Crippen LogP contribution < -0.4 is 36.0 Å². The molecule has 0 spiro atoms. The number of pyridine rings is 1. The zero-order valence-electron chi connectivity index (χ0n) is 25.7. The van der Waals surface area contributed by atoms with E-state index in [1.54, 1.807) is 14.2 Å². The molecule has 2 unspecified atom stereocenters. The summed E-state index contributed by atoms with van der Waals surface area (Å²) in [5.41, 5.74) is 4.07. The SMILES string of the molecule is COc1ccc2c(c1)=C(NCCCCNCCCCNc1c3ccc(Cl)cc3nc3ccc(OC)cc13)C1C=CC(Cl)=CC1N=2. The molecule has 1 aromatic heterocycles. The molecular weight excluding hydrogens is 605 g/mol. The zero-order valence-corrected chi connectivity index (χ0v) is 27.2. The van der Waals surface area contributed by atoms with Crippen LogP contribution in [-0.4, -0.2) is 51.4 Å². The first-order chi connectivity index (χ1) is 22.0. The molecule has 4 aromatic rings. The average Bonchev–Trinajstić information content (AvgIpc) is 3.05. The third-order valence-corrected chi connectivity index (χ3v) is 8.88. The molecule has 2 heterocycles. The van der Waals surface area contributed by atoms with E-state index in [2.05, 4.69) is 28.1 Å². The number of halogens is 2. The smallest absolute Gasteiger partial charge is 0.119 e. The van der Waals surface area contributed by atoms with Crippen LogP contribution in [0, 0.1) is 5.92 Å². The predicted octanol–water partition coefficient (Wildman–Crippen LogP) is 6.33. The third kappa shape index (κ3) is 7.22. The Hall–Kier alpha value is -3.78. The second-order valence-electron chi connectivity index (χ2n) is 11.4. The second kappa shape index (κ2) is 14.5. The number of methoxy groups -OCH3 is 2. The van der Waals surface area contributed by atoms with Crippen LogP contribution >= 0.6 is 23.2 Å². The Morgan fingerprint density at radius 3 is 2.29 bits per heavy atom. The van der Waals surface area contributed by atoms with Gasteiger partial charge in [-0.1, -0.05) is 29.3 Å². The van der Waals surface area contributed by atoms with Crippen molar-refractivity contribution in [3.05, 3.63) is 93.5 Å². The average molecular weight is 645 g/mol. The van der Waals surface area contributed by atoms with Gasteiger partial charge in [0.25, 0.3) is 0 Å². The molecule has 9 heteroatoms. The normalized spacial score (nSPS) is 17.0. The fourth-order valence-electron chi connectivity index (χ4n) is 6.07. The van der Waals surface area contributed by atoms with Crippen LogP contribution in [0.15, 0.2) is 82.9 Å². The number of aromatic nitrogens is 1. The fourth-order valence-corrected chi connectivity index (χ4v) is 6.43.